The molecule has 0 aliphatic rings. The molecule has 0 amide bonds. The number of ether oxygens (including phenoxy) is 1. The number of rotatable bonds is 9. The second-order valence-corrected chi connectivity index (χ2v) is 11.8. The van der Waals surface area contributed by atoms with Crippen molar-refractivity contribution in [1.29, 1.82) is 0 Å². The summed E-state index contributed by atoms with van der Waals surface area (Å²) in [6, 6.07) is 14.7. The van der Waals surface area contributed by atoms with Crippen molar-refractivity contribution in [1.82, 2.24) is 14.3 Å². The van der Waals surface area contributed by atoms with Gasteiger partial charge in [0.05, 0.1) is 12.1 Å². The molecule has 36 heavy (non-hydrogen) atoms. The first-order valence-electron chi connectivity index (χ1n) is 11.8. The summed E-state index contributed by atoms with van der Waals surface area (Å²) >= 11 is 1.19. The number of carboxylic acid groups (broad SMARTS) is 1. The lowest BCUT2D eigenvalue weighted by molar-refractivity contribution is -0.138. The molecule has 2 aromatic carbocycles. The molecule has 0 saturated carbocycles. The summed E-state index contributed by atoms with van der Waals surface area (Å²) in [7, 11) is 0. The van der Waals surface area contributed by atoms with E-state index in [9.17, 15) is 19.5 Å². The molecule has 0 aliphatic carbocycles. The van der Waals surface area contributed by atoms with Crippen molar-refractivity contribution in [3.8, 4) is 0 Å². The van der Waals surface area contributed by atoms with Crippen molar-refractivity contribution in [2.24, 2.45) is 0 Å². The first kappa shape index (κ1) is 27.3. The topological polar surface area (TPSA) is 103 Å². The number of carbonyl (C=O) groups excluding carboxylic acids is 1. The molecular formula is C27H33N3O5S. The molecule has 8 nitrogen and oxygen atoms in total. The molecule has 192 valence electrons. The molecule has 0 aliphatic heterocycles. The summed E-state index contributed by atoms with van der Waals surface area (Å²) in [6.07, 6.45) is 0. The van der Waals surface area contributed by atoms with Crippen molar-refractivity contribution in [3.05, 3.63) is 81.5 Å². The highest BCUT2D eigenvalue weighted by Gasteiger charge is 2.28. The average Bonchev–Trinajstić information content (AvgIpc) is 3.11. The van der Waals surface area contributed by atoms with Crippen molar-refractivity contribution < 1.29 is 19.4 Å². The summed E-state index contributed by atoms with van der Waals surface area (Å²) < 4.78 is 7.32. The summed E-state index contributed by atoms with van der Waals surface area (Å²) in [6.45, 7) is 12.1. The Morgan fingerprint density at radius 1 is 1.00 bits per heavy atom. The fourth-order valence-electron chi connectivity index (χ4n) is 3.51. The molecule has 9 heteroatoms. The molecule has 0 unspecified atom stereocenters. The number of nitrogens with zero attached hydrogens (tertiary/aromatic N) is 3. The largest absolute Gasteiger partial charge is 0.480 e. The third-order valence-corrected chi connectivity index (χ3v) is 6.97. The van der Waals surface area contributed by atoms with E-state index in [0.717, 1.165) is 10.5 Å². The van der Waals surface area contributed by atoms with E-state index < -0.39 is 16.7 Å². The summed E-state index contributed by atoms with van der Waals surface area (Å²) in [4.78, 5) is 37.5. The van der Waals surface area contributed by atoms with Gasteiger partial charge in [0.2, 0.25) is 0 Å². The Kier molecular flexibility index (Phi) is 8.13. The van der Waals surface area contributed by atoms with Crippen molar-refractivity contribution in [2.75, 3.05) is 0 Å². The van der Waals surface area contributed by atoms with Gasteiger partial charge < -0.3 is 9.84 Å². The van der Waals surface area contributed by atoms with Crippen LogP contribution >= 0.6 is 11.8 Å². The van der Waals surface area contributed by atoms with Crippen LogP contribution in [0.5, 0.6) is 0 Å². The van der Waals surface area contributed by atoms with Gasteiger partial charge in [0.15, 0.2) is 12.4 Å². The highest BCUT2D eigenvalue weighted by Crippen LogP contribution is 2.32. The molecule has 0 saturated heterocycles. The Morgan fingerprint density at radius 3 is 2.14 bits per heavy atom. The molecule has 3 aromatic rings. The number of carboxylic acids is 1. The van der Waals surface area contributed by atoms with Crippen LogP contribution in [0.15, 0.2) is 58.2 Å². The predicted octanol–water partition coefficient (Wildman–Crippen LogP) is 4.72. The standard InChI is InChI=1S/C27H33N3O5S/c1-7-29-22(28-30(25(29)34)16-18-8-12-20(13-9-18)26(2,3)4)17-35-23(31)19-10-14-21(15-11-19)36-27(5,6)24(32)33/h8-15H,7,16-17H2,1-6H3,(H,32,33). The summed E-state index contributed by atoms with van der Waals surface area (Å²) in [5.41, 5.74) is 2.28. The van der Waals surface area contributed by atoms with Gasteiger partial charge in [-0.25, -0.2) is 14.3 Å². The molecule has 3 rings (SSSR count). The van der Waals surface area contributed by atoms with E-state index in [1.54, 1.807) is 38.1 Å². The molecule has 1 heterocycles. The zero-order valence-corrected chi connectivity index (χ0v) is 22.4. The van der Waals surface area contributed by atoms with Gasteiger partial charge in [-0.05, 0) is 61.6 Å². The monoisotopic (exact) mass is 511 g/mol. The van der Waals surface area contributed by atoms with Gasteiger partial charge in [-0.3, -0.25) is 9.36 Å². The van der Waals surface area contributed by atoms with E-state index in [0.29, 0.717) is 24.5 Å². The average molecular weight is 512 g/mol. The number of thioether (sulfide) groups is 1. The Balaban J connectivity index is 1.68. The highest BCUT2D eigenvalue weighted by atomic mass is 32.2. The summed E-state index contributed by atoms with van der Waals surface area (Å²) in [5, 5.41) is 13.7. The molecule has 1 aromatic heterocycles. The maximum Gasteiger partial charge on any atom is 0.346 e. The number of hydrogen-bond donors (Lipinski definition) is 1. The molecule has 0 atom stereocenters. The van der Waals surface area contributed by atoms with Crippen LogP contribution in [0.2, 0.25) is 0 Å². The van der Waals surface area contributed by atoms with Crippen molar-refractivity contribution >= 4 is 23.7 Å². The molecular weight excluding hydrogens is 478 g/mol. The molecule has 0 fully saturated rings. The molecule has 0 spiro atoms. The van der Waals surface area contributed by atoms with Crippen LogP contribution in [-0.4, -0.2) is 36.1 Å². The molecule has 0 radical (unpaired) electrons. The lowest BCUT2D eigenvalue weighted by Crippen LogP contribution is -2.26. The Labute approximate surface area is 215 Å². The lowest BCUT2D eigenvalue weighted by atomic mass is 9.87. The van der Waals surface area contributed by atoms with Crippen LogP contribution < -0.4 is 5.69 Å². The molecule has 0 bridgehead atoms. The van der Waals surface area contributed by atoms with E-state index in [2.05, 4.69) is 38.0 Å². The minimum absolute atomic E-state index is 0.0461. The van der Waals surface area contributed by atoms with Crippen LogP contribution in [-0.2, 0) is 34.6 Å². The number of aliphatic carboxylic acids is 1. The highest BCUT2D eigenvalue weighted by molar-refractivity contribution is 8.01. The molecule has 1 N–H and O–H groups in total. The van der Waals surface area contributed by atoms with Gasteiger partial charge >= 0.3 is 17.6 Å². The van der Waals surface area contributed by atoms with E-state index >= 15 is 0 Å². The number of aromatic nitrogens is 3. The van der Waals surface area contributed by atoms with Gasteiger partial charge in [0, 0.05) is 11.4 Å². The number of esters is 1. The lowest BCUT2D eigenvalue weighted by Gasteiger charge is -2.19. The fourth-order valence-corrected chi connectivity index (χ4v) is 4.46. The third-order valence-electron chi connectivity index (χ3n) is 5.78. The maximum atomic E-state index is 12.8. The smallest absolute Gasteiger partial charge is 0.346 e. The minimum Gasteiger partial charge on any atom is -0.480 e. The zero-order valence-electron chi connectivity index (χ0n) is 21.6. The summed E-state index contributed by atoms with van der Waals surface area (Å²) in [5.74, 6) is -1.09. The number of hydrogen-bond acceptors (Lipinski definition) is 6. The van der Waals surface area contributed by atoms with Crippen molar-refractivity contribution in [2.45, 2.75) is 76.3 Å². The van der Waals surface area contributed by atoms with Gasteiger partial charge in [0.25, 0.3) is 0 Å². The van der Waals surface area contributed by atoms with E-state index in [1.807, 2.05) is 19.1 Å². The second kappa shape index (κ2) is 10.7. The Bertz CT molecular complexity index is 1280. The second-order valence-electron chi connectivity index (χ2n) is 10.1. The van der Waals surface area contributed by atoms with Crippen LogP contribution in [0.25, 0.3) is 0 Å². The normalized spacial score (nSPS) is 11.9. The van der Waals surface area contributed by atoms with Gasteiger partial charge in [-0.1, -0.05) is 45.0 Å². The third kappa shape index (κ3) is 6.46. The van der Waals surface area contributed by atoms with Gasteiger partial charge in [-0.2, -0.15) is 5.10 Å². The van der Waals surface area contributed by atoms with Crippen LogP contribution in [0.3, 0.4) is 0 Å². The van der Waals surface area contributed by atoms with E-state index in [1.165, 1.54) is 26.6 Å². The maximum absolute atomic E-state index is 12.8. The zero-order chi connectivity index (χ0) is 26.7. The van der Waals surface area contributed by atoms with Crippen LogP contribution in [0.1, 0.15) is 68.9 Å². The fraction of sp³-hybridized carbons (Fsp3) is 0.407. The quantitative estimate of drug-likeness (QED) is 0.327. The van der Waals surface area contributed by atoms with E-state index in [-0.39, 0.29) is 17.7 Å². The van der Waals surface area contributed by atoms with Crippen molar-refractivity contribution in [3.63, 3.8) is 0 Å². The van der Waals surface area contributed by atoms with Crippen LogP contribution in [0, 0.1) is 0 Å². The number of benzene rings is 2. The van der Waals surface area contributed by atoms with Gasteiger partial charge in [0.1, 0.15) is 4.75 Å². The minimum atomic E-state index is -0.987. The number of carbonyl (C=O) groups is 2. The first-order valence-corrected chi connectivity index (χ1v) is 12.6. The predicted molar refractivity (Wildman–Crippen MR) is 140 cm³/mol. The van der Waals surface area contributed by atoms with E-state index in [4.69, 9.17) is 4.74 Å². The van der Waals surface area contributed by atoms with Crippen LogP contribution in [0.4, 0.5) is 0 Å². The Morgan fingerprint density at radius 2 is 1.61 bits per heavy atom. The van der Waals surface area contributed by atoms with Gasteiger partial charge in [-0.15, -0.1) is 11.8 Å². The SMILES string of the molecule is CCn1c(COC(=O)c2ccc(SC(C)(C)C(=O)O)cc2)nn(Cc2ccc(C(C)(C)C)cc2)c1=O. The Hall–Kier alpha value is -3.33. The first-order chi connectivity index (χ1) is 16.8.